The maximum atomic E-state index is 5.88. The Morgan fingerprint density at radius 1 is 1.53 bits per heavy atom. The van der Waals surface area contributed by atoms with Crippen LogP contribution in [0, 0.1) is 0 Å². The Hall–Kier alpha value is -0.910. The fourth-order valence-corrected chi connectivity index (χ4v) is 1.48. The Kier molecular flexibility index (Phi) is 3.71. The minimum Gasteiger partial charge on any atom is -0.376 e. The summed E-state index contributed by atoms with van der Waals surface area (Å²) in [6.07, 6.45) is 3.06. The van der Waals surface area contributed by atoms with Gasteiger partial charge in [-0.15, -0.1) is 0 Å². The summed E-state index contributed by atoms with van der Waals surface area (Å²) in [6, 6.07) is 0. The molecule has 1 saturated heterocycles. The third-order valence-corrected chi connectivity index (χ3v) is 2.33. The van der Waals surface area contributed by atoms with E-state index < -0.39 is 0 Å². The zero-order valence-electron chi connectivity index (χ0n) is 8.15. The predicted octanol–water partition coefficient (Wildman–Crippen LogP) is 0.957. The number of nitrogens with one attached hydrogen (secondary N) is 1. The lowest BCUT2D eigenvalue weighted by molar-refractivity contribution is -0.0819. The summed E-state index contributed by atoms with van der Waals surface area (Å²) in [6.45, 7) is 2.56. The first-order chi connectivity index (χ1) is 7.36. The van der Waals surface area contributed by atoms with Gasteiger partial charge in [0, 0.05) is 6.54 Å². The van der Waals surface area contributed by atoms with Gasteiger partial charge in [0.2, 0.25) is 0 Å². The van der Waals surface area contributed by atoms with Crippen molar-refractivity contribution in [3.05, 3.63) is 17.5 Å². The molecule has 82 valence electrons. The normalized spacial score (nSPS) is 21.3. The Morgan fingerprint density at radius 2 is 2.47 bits per heavy atom. The van der Waals surface area contributed by atoms with Gasteiger partial charge in [-0.1, -0.05) is 11.6 Å². The molecule has 1 N–H and O–H groups in total. The van der Waals surface area contributed by atoms with Crippen LogP contribution in [0.3, 0.4) is 0 Å². The zero-order chi connectivity index (χ0) is 10.5. The Morgan fingerprint density at radius 3 is 3.20 bits per heavy atom. The molecular formula is C9H12ClN3O2. The van der Waals surface area contributed by atoms with Gasteiger partial charge < -0.3 is 14.8 Å². The molecule has 0 aliphatic carbocycles. The second-order valence-corrected chi connectivity index (χ2v) is 3.58. The molecule has 0 radical (unpaired) electrons. The lowest BCUT2D eigenvalue weighted by atomic mass is 10.3. The summed E-state index contributed by atoms with van der Waals surface area (Å²) in [5, 5.41) is 3.60. The second-order valence-electron chi connectivity index (χ2n) is 3.17. The standard InChI is InChI=1S/C9H12ClN3O2/c10-8-4-11-6-13-9(8)12-3-7-5-14-1-2-15-7/h4,6-7H,1-3,5H2,(H,11,12,13). The number of aromatic nitrogens is 2. The number of rotatable bonds is 3. The van der Waals surface area contributed by atoms with Gasteiger partial charge in [0.15, 0.2) is 0 Å². The first kappa shape index (κ1) is 10.6. The second kappa shape index (κ2) is 5.25. The van der Waals surface area contributed by atoms with Gasteiger partial charge in [0.25, 0.3) is 0 Å². The highest BCUT2D eigenvalue weighted by Gasteiger charge is 2.14. The van der Waals surface area contributed by atoms with Crippen molar-refractivity contribution in [2.45, 2.75) is 6.10 Å². The van der Waals surface area contributed by atoms with Crippen LogP contribution < -0.4 is 5.32 Å². The van der Waals surface area contributed by atoms with Crippen molar-refractivity contribution in [1.29, 1.82) is 0 Å². The summed E-state index contributed by atoms with van der Waals surface area (Å²) in [7, 11) is 0. The average Bonchev–Trinajstić information content (AvgIpc) is 2.29. The van der Waals surface area contributed by atoms with Gasteiger partial charge in [-0.3, -0.25) is 0 Å². The summed E-state index contributed by atoms with van der Waals surface area (Å²) in [4.78, 5) is 7.81. The quantitative estimate of drug-likeness (QED) is 0.837. The molecule has 1 unspecified atom stereocenters. The van der Waals surface area contributed by atoms with Gasteiger partial charge in [-0.25, -0.2) is 9.97 Å². The maximum absolute atomic E-state index is 5.88. The average molecular weight is 230 g/mol. The highest BCUT2D eigenvalue weighted by Crippen LogP contribution is 2.16. The van der Waals surface area contributed by atoms with Crippen LogP contribution in [0.5, 0.6) is 0 Å². The maximum Gasteiger partial charge on any atom is 0.148 e. The van der Waals surface area contributed by atoms with Crippen molar-refractivity contribution < 1.29 is 9.47 Å². The number of hydrogen-bond acceptors (Lipinski definition) is 5. The smallest absolute Gasteiger partial charge is 0.148 e. The van der Waals surface area contributed by atoms with Crippen molar-refractivity contribution in [3.63, 3.8) is 0 Å². The molecule has 2 rings (SSSR count). The largest absolute Gasteiger partial charge is 0.376 e. The van der Waals surface area contributed by atoms with Crippen LogP contribution in [0.25, 0.3) is 0 Å². The van der Waals surface area contributed by atoms with E-state index in [1.807, 2.05) is 0 Å². The van der Waals surface area contributed by atoms with Crippen LogP contribution in [-0.2, 0) is 9.47 Å². The molecule has 6 heteroatoms. The van der Waals surface area contributed by atoms with Crippen molar-refractivity contribution in [2.24, 2.45) is 0 Å². The van der Waals surface area contributed by atoms with Gasteiger partial charge in [-0.05, 0) is 0 Å². The highest BCUT2D eigenvalue weighted by atomic mass is 35.5. The monoisotopic (exact) mass is 229 g/mol. The number of anilines is 1. The lowest BCUT2D eigenvalue weighted by Crippen LogP contribution is -2.34. The molecule has 1 fully saturated rings. The molecule has 15 heavy (non-hydrogen) atoms. The van der Waals surface area contributed by atoms with E-state index in [0.29, 0.717) is 37.2 Å². The van der Waals surface area contributed by atoms with Crippen LogP contribution in [-0.4, -0.2) is 42.4 Å². The summed E-state index contributed by atoms with van der Waals surface area (Å²) < 4.78 is 10.7. The number of halogens is 1. The van der Waals surface area contributed by atoms with E-state index in [0.717, 1.165) is 0 Å². The third-order valence-electron chi connectivity index (χ3n) is 2.05. The van der Waals surface area contributed by atoms with E-state index >= 15 is 0 Å². The molecule has 1 aromatic heterocycles. The van der Waals surface area contributed by atoms with Crippen molar-refractivity contribution in [3.8, 4) is 0 Å². The fraction of sp³-hybridized carbons (Fsp3) is 0.556. The number of nitrogens with zero attached hydrogens (tertiary/aromatic N) is 2. The molecule has 1 aromatic rings. The zero-order valence-corrected chi connectivity index (χ0v) is 8.91. The first-order valence-corrected chi connectivity index (χ1v) is 5.13. The molecule has 1 aliphatic rings. The van der Waals surface area contributed by atoms with Crippen LogP contribution >= 0.6 is 11.6 Å². The third kappa shape index (κ3) is 3.02. The van der Waals surface area contributed by atoms with E-state index in [-0.39, 0.29) is 6.10 Å². The predicted molar refractivity (Wildman–Crippen MR) is 56.1 cm³/mol. The lowest BCUT2D eigenvalue weighted by Gasteiger charge is -2.23. The molecule has 1 atom stereocenters. The molecule has 2 heterocycles. The molecule has 5 nitrogen and oxygen atoms in total. The van der Waals surface area contributed by atoms with Crippen LogP contribution in [0.4, 0.5) is 5.82 Å². The van der Waals surface area contributed by atoms with Crippen molar-refractivity contribution in [2.75, 3.05) is 31.7 Å². The molecular weight excluding hydrogens is 218 g/mol. The first-order valence-electron chi connectivity index (χ1n) is 4.75. The number of ether oxygens (including phenoxy) is 2. The van der Waals surface area contributed by atoms with Gasteiger partial charge in [0.1, 0.15) is 17.2 Å². The van der Waals surface area contributed by atoms with Crippen molar-refractivity contribution in [1.82, 2.24) is 9.97 Å². The minimum absolute atomic E-state index is 0.0600. The summed E-state index contributed by atoms with van der Waals surface area (Å²) >= 11 is 5.88. The Bertz CT molecular complexity index is 318. The molecule has 0 amide bonds. The Labute approximate surface area is 92.8 Å². The SMILES string of the molecule is Clc1cncnc1NCC1COCCO1. The molecule has 0 saturated carbocycles. The fourth-order valence-electron chi connectivity index (χ4n) is 1.31. The van der Waals surface area contributed by atoms with E-state index in [4.69, 9.17) is 21.1 Å². The topological polar surface area (TPSA) is 56.3 Å². The summed E-state index contributed by atoms with van der Waals surface area (Å²) in [5.74, 6) is 0.626. The van der Waals surface area contributed by atoms with Gasteiger partial charge in [0.05, 0.1) is 32.1 Å². The number of hydrogen-bond donors (Lipinski definition) is 1. The highest BCUT2D eigenvalue weighted by molar-refractivity contribution is 6.32. The molecule has 0 spiro atoms. The summed E-state index contributed by atoms with van der Waals surface area (Å²) in [5.41, 5.74) is 0. The van der Waals surface area contributed by atoms with Crippen molar-refractivity contribution >= 4 is 17.4 Å². The molecule has 1 aliphatic heterocycles. The minimum atomic E-state index is 0.0600. The van der Waals surface area contributed by atoms with Gasteiger partial charge >= 0.3 is 0 Å². The van der Waals surface area contributed by atoms with E-state index in [9.17, 15) is 0 Å². The van der Waals surface area contributed by atoms with Gasteiger partial charge in [-0.2, -0.15) is 0 Å². The molecule has 0 aromatic carbocycles. The van der Waals surface area contributed by atoms with E-state index in [1.54, 1.807) is 6.20 Å². The van der Waals surface area contributed by atoms with Crippen LogP contribution in [0.1, 0.15) is 0 Å². The van der Waals surface area contributed by atoms with Crippen LogP contribution in [0.2, 0.25) is 5.02 Å². The van der Waals surface area contributed by atoms with E-state index in [2.05, 4.69) is 15.3 Å². The molecule has 0 bridgehead atoms. The Balaban J connectivity index is 1.84. The van der Waals surface area contributed by atoms with E-state index in [1.165, 1.54) is 6.33 Å². The van der Waals surface area contributed by atoms with Crippen LogP contribution in [0.15, 0.2) is 12.5 Å².